The summed E-state index contributed by atoms with van der Waals surface area (Å²) in [6.07, 6.45) is 10.1. The minimum Gasteiger partial charge on any atom is -0.313 e. The molecule has 1 heteroatoms. The molecular weight excluding hydrogens is 194 g/mol. The lowest BCUT2D eigenvalue weighted by molar-refractivity contribution is 0.159. The molecule has 2 aliphatic carbocycles. The standard InChI is InChI=1S/C15H29N/c1-12-7-6-8-13(12)11-16-14-9-4-5-10-15(14,2)3/h12-14,16H,4-11H2,1-3H3. The SMILES string of the molecule is CC1CCCC1CNC1CCCCC1(C)C. The van der Waals surface area contributed by atoms with Crippen LogP contribution in [0.25, 0.3) is 0 Å². The Morgan fingerprint density at radius 3 is 2.50 bits per heavy atom. The zero-order valence-corrected chi connectivity index (χ0v) is 11.4. The summed E-state index contributed by atoms with van der Waals surface area (Å²) in [5.74, 6) is 1.91. The smallest absolute Gasteiger partial charge is 0.0118 e. The third-order valence-corrected chi connectivity index (χ3v) is 5.17. The van der Waals surface area contributed by atoms with Crippen LogP contribution in [-0.4, -0.2) is 12.6 Å². The molecule has 2 saturated carbocycles. The first-order valence-corrected chi connectivity index (χ1v) is 7.33. The topological polar surface area (TPSA) is 12.0 Å². The van der Waals surface area contributed by atoms with Gasteiger partial charge in [-0.1, -0.05) is 46.5 Å². The highest BCUT2D eigenvalue weighted by atomic mass is 14.9. The fourth-order valence-corrected chi connectivity index (χ4v) is 3.69. The monoisotopic (exact) mass is 223 g/mol. The van der Waals surface area contributed by atoms with E-state index in [-0.39, 0.29) is 0 Å². The molecule has 2 aliphatic rings. The number of nitrogens with one attached hydrogen (secondary N) is 1. The van der Waals surface area contributed by atoms with Crippen LogP contribution in [0.5, 0.6) is 0 Å². The second kappa shape index (κ2) is 5.08. The Morgan fingerprint density at radius 2 is 1.88 bits per heavy atom. The third kappa shape index (κ3) is 2.80. The van der Waals surface area contributed by atoms with Crippen LogP contribution >= 0.6 is 0 Å². The van der Waals surface area contributed by atoms with Crippen LogP contribution in [0, 0.1) is 17.3 Å². The van der Waals surface area contributed by atoms with Gasteiger partial charge in [0.2, 0.25) is 0 Å². The van der Waals surface area contributed by atoms with Crippen molar-refractivity contribution >= 4 is 0 Å². The third-order valence-electron chi connectivity index (χ3n) is 5.17. The Kier molecular flexibility index (Phi) is 3.94. The molecule has 16 heavy (non-hydrogen) atoms. The van der Waals surface area contributed by atoms with Crippen molar-refractivity contribution in [3.05, 3.63) is 0 Å². The second-order valence-corrected chi connectivity index (χ2v) is 6.86. The summed E-state index contributed by atoms with van der Waals surface area (Å²) in [4.78, 5) is 0. The van der Waals surface area contributed by atoms with E-state index in [0.29, 0.717) is 5.41 Å². The van der Waals surface area contributed by atoms with Crippen LogP contribution in [0.1, 0.15) is 65.7 Å². The van der Waals surface area contributed by atoms with Gasteiger partial charge in [0.05, 0.1) is 0 Å². The van der Waals surface area contributed by atoms with Crippen molar-refractivity contribution in [2.45, 2.75) is 71.8 Å². The zero-order chi connectivity index (χ0) is 11.6. The first-order chi connectivity index (χ1) is 7.59. The molecule has 0 bridgehead atoms. The first kappa shape index (κ1) is 12.4. The van der Waals surface area contributed by atoms with E-state index in [2.05, 4.69) is 26.1 Å². The molecule has 1 N–H and O–H groups in total. The Balaban J connectivity index is 1.80. The van der Waals surface area contributed by atoms with Crippen LogP contribution in [0.4, 0.5) is 0 Å². The maximum atomic E-state index is 3.88. The van der Waals surface area contributed by atoms with E-state index in [1.54, 1.807) is 0 Å². The van der Waals surface area contributed by atoms with E-state index in [9.17, 15) is 0 Å². The van der Waals surface area contributed by atoms with Crippen molar-refractivity contribution in [2.75, 3.05) is 6.54 Å². The molecule has 0 aromatic rings. The average molecular weight is 223 g/mol. The van der Waals surface area contributed by atoms with Crippen molar-refractivity contribution in [2.24, 2.45) is 17.3 Å². The molecule has 3 atom stereocenters. The van der Waals surface area contributed by atoms with Gasteiger partial charge in [0.25, 0.3) is 0 Å². The van der Waals surface area contributed by atoms with Crippen LogP contribution in [-0.2, 0) is 0 Å². The highest BCUT2D eigenvalue weighted by Crippen LogP contribution is 2.36. The zero-order valence-electron chi connectivity index (χ0n) is 11.4. The summed E-state index contributed by atoms with van der Waals surface area (Å²) in [6, 6.07) is 0.772. The van der Waals surface area contributed by atoms with Crippen LogP contribution in [0.2, 0.25) is 0 Å². The van der Waals surface area contributed by atoms with Gasteiger partial charge in [0, 0.05) is 6.04 Å². The molecular formula is C15H29N. The predicted molar refractivity (Wildman–Crippen MR) is 70.5 cm³/mol. The molecule has 0 aromatic carbocycles. The second-order valence-electron chi connectivity index (χ2n) is 6.86. The fraction of sp³-hybridized carbons (Fsp3) is 1.00. The molecule has 0 aliphatic heterocycles. The van der Waals surface area contributed by atoms with Gasteiger partial charge in [0.1, 0.15) is 0 Å². The maximum Gasteiger partial charge on any atom is 0.0118 e. The van der Waals surface area contributed by atoms with Crippen LogP contribution in [0.3, 0.4) is 0 Å². The molecule has 0 aromatic heterocycles. The molecule has 0 radical (unpaired) electrons. The summed E-state index contributed by atoms with van der Waals surface area (Å²) in [7, 11) is 0. The molecule has 0 saturated heterocycles. The van der Waals surface area contributed by atoms with Gasteiger partial charge >= 0.3 is 0 Å². The molecule has 3 unspecified atom stereocenters. The lowest BCUT2D eigenvalue weighted by Gasteiger charge is -2.40. The van der Waals surface area contributed by atoms with Crippen molar-refractivity contribution in [3.63, 3.8) is 0 Å². The molecule has 0 amide bonds. The van der Waals surface area contributed by atoms with Crippen molar-refractivity contribution in [3.8, 4) is 0 Å². The molecule has 1 nitrogen and oxygen atoms in total. The van der Waals surface area contributed by atoms with E-state index >= 15 is 0 Å². The largest absolute Gasteiger partial charge is 0.313 e. The first-order valence-electron chi connectivity index (χ1n) is 7.33. The van der Waals surface area contributed by atoms with Gasteiger partial charge in [0.15, 0.2) is 0 Å². The number of hydrogen-bond acceptors (Lipinski definition) is 1. The summed E-state index contributed by atoms with van der Waals surface area (Å²) in [5, 5.41) is 3.88. The van der Waals surface area contributed by atoms with Gasteiger partial charge in [-0.15, -0.1) is 0 Å². The summed E-state index contributed by atoms with van der Waals surface area (Å²) < 4.78 is 0. The highest BCUT2D eigenvalue weighted by molar-refractivity contribution is 4.89. The molecule has 2 fully saturated rings. The molecule has 94 valence electrons. The normalized spacial score (nSPS) is 38.8. The number of rotatable bonds is 3. The molecule has 0 heterocycles. The molecule has 2 rings (SSSR count). The lowest BCUT2D eigenvalue weighted by atomic mass is 9.73. The average Bonchev–Trinajstić information content (AvgIpc) is 2.62. The Labute approximate surface area is 101 Å². The lowest BCUT2D eigenvalue weighted by Crippen LogP contribution is -2.46. The van der Waals surface area contributed by atoms with Crippen LogP contribution < -0.4 is 5.32 Å². The number of hydrogen-bond donors (Lipinski definition) is 1. The van der Waals surface area contributed by atoms with Gasteiger partial charge in [-0.25, -0.2) is 0 Å². The Morgan fingerprint density at radius 1 is 1.06 bits per heavy atom. The van der Waals surface area contributed by atoms with E-state index in [4.69, 9.17) is 0 Å². The van der Waals surface area contributed by atoms with E-state index in [1.165, 1.54) is 51.5 Å². The molecule has 0 spiro atoms. The van der Waals surface area contributed by atoms with Gasteiger partial charge in [-0.3, -0.25) is 0 Å². The quantitative estimate of drug-likeness (QED) is 0.763. The van der Waals surface area contributed by atoms with Gasteiger partial charge in [-0.05, 0) is 43.1 Å². The van der Waals surface area contributed by atoms with E-state index in [1.807, 2.05) is 0 Å². The van der Waals surface area contributed by atoms with Gasteiger partial charge in [-0.2, -0.15) is 0 Å². The van der Waals surface area contributed by atoms with Gasteiger partial charge < -0.3 is 5.32 Å². The predicted octanol–water partition coefficient (Wildman–Crippen LogP) is 3.98. The van der Waals surface area contributed by atoms with Crippen molar-refractivity contribution in [1.29, 1.82) is 0 Å². The van der Waals surface area contributed by atoms with Crippen LogP contribution in [0.15, 0.2) is 0 Å². The van der Waals surface area contributed by atoms with E-state index < -0.39 is 0 Å². The fourth-order valence-electron chi connectivity index (χ4n) is 3.69. The maximum absolute atomic E-state index is 3.88. The minimum atomic E-state index is 0.528. The Hall–Kier alpha value is -0.0400. The van der Waals surface area contributed by atoms with Crippen molar-refractivity contribution < 1.29 is 0 Å². The summed E-state index contributed by atoms with van der Waals surface area (Å²) >= 11 is 0. The summed E-state index contributed by atoms with van der Waals surface area (Å²) in [5.41, 5.74) is 0.528. The van der Waals surface area contributed by atoms with E-state index in [0.717, 1.165) is 17.9 Å². The summed E-state index contributed by atoms with van der Waals surface area (Å²) in [6.45, 7) is 8.60. The minimum absolute atomic E-state index is 0.528. The highest BCUT2D eigenvalue weighted by Gasteiger charge is 2.33. The van der Waals surface area contributed by atoms with Crippen molar-refractivity contribution in [1.82, 2.24) is 5.32 Å². The Bertz CT molecular complexity index is 221.